The minimum Gasteiger partial charge on any atom is -0.358 e. The molecule has 0 spiro atoms. The van der Waals surface area contributed by atoms with E-state index in [0.29, 0.717) is 11.5 Å². The van der Waals surface area contributed by atoms with Crippen molar-refractivity contribution >= 4 is 11.7 Å². The number of nitriles is 1. The highest BCUT2D eigenvalue weighted by Crippen LogP contribution is 2.11. The van der Waals surface area contributed by atoms with Crippen molar-refractivity contribution in [3.63, 3.8) is 0 Å². The van der Waals surface area contributed by atoms with Gasteiger partial charge in [0.15, 0.2) is 0 Å². The lowest BCUT2D eigenvalue weighted by atomic mass is 10.3. The van der Waals surface area contributed by atoms with Crippen LogP contribution in [0.25, 0.3) is 0 Å². The fraction of sp³-hybridized carbons (Fsp3) is 0.417. The average Bonchev–Trinajstić information content (AvgIpc) is 2.38. The smallest absolute Gasteiger partial charge is 0.239 e. The van der Waals surface area contributed by atoms with Crippen LogP contribution in [0.4, 0.5) is 5.82 Å². The van der Waals surface area contributed by atoms with Crippen LogP contribution in [0.1, 0.15) is 19.0 Å². The van der Waals surface area contributed by atoms with E-state index in [1.807, 2.05) is 17.9 Å². The zero-order chi connectivity index (χ0) is 12.7. The summed E-state index contributed by atoms with van der Waals surface area (Å²) in [5.74, 6) is 0.595. The molecule has 1 N–H and O–H groups in total. The van der Waals surface area contributed by atoms with E-state index < -0.39 is 0 Å². The molecule has 0 aliphatic rings. The van der Waals surface area contributed by atoms with Crippen LogP contribution < -0.4 is 10.2 Å². The van der Waals surface area contributed by atoms with Crippen LogP contribution in [-0.2, 0) is 4.79 Å². The molecule has 0 bridgehead atoms. The number of nitrogens with zero attached hydrogens (tertiary/aromatic N) is 3. The number of hydrogen-bond acceptors (Lipinski definition) is 4. The first kappa shape index (κ1) is 13.0. The molecule has 0 aliphatic heterocycles. The predicted molar refractivity (Wildman–Crippen MR) is 65.5 cm³/mol. The Morgan fingerprint density at radius 2 is 2.35 bits per heavy atom. The monoisotopic (exact) mass is 232 g/mol. The van der Waals surface area contributed by atoms with Crippen molar-refractivity contribution in [2.24, 2.45) is 0 Å². The molecule has 1 heterocycles. The Balaban J connectivity index is 2.88. The number of aromatic nitrogens is 1. The molecule has 1 aromatic rings. The van der Waals surface area contributed by atoms with E-state index in [1.54, 1.807) is 25.2 Å². The van der Waals surface area contributed by atoms with Gasteiger partial charge in [-0.15, -0.1) is 0 Å². The largest absolute Gasteiger partial charge is 0.358 e. The third kappa shape index (κ3) is 3.76. The molecule has 0 aromatic carbocycles. The Labute approximate surface area is 101 Å². The SMILES string of the molecule is CCCN(CC(=O)NC)c1cccc(C#N)n1. The van der Waals surface area contributed by atoms with Crippen molar-refractivity contribution in [3.8, 4) is 6.07 Å². The van der Waals surface area contributed by atoms with Crippen LogP contribution in [0, 0.1) is 11.3 Å². The van der Waals surface area contributed by atoms with Crippen molar-refractivity contribution < 1.29 is 4.79 Å². The van der Waals surface area contributed by atoms with Gasteiger partial charge in [0.2, 0.25) is 5.91 Å². The highest BCUT2D eigenvalue weighted by Gasteiger charge is 2.11. The van der Waals surface area contributed by atoms with Crippen molar-refractivity contribution in [2.45, 2.75) is 13.3 Å². The number of hydrogen-bond donors (Lipinski definition) is 1. The Kier molecular flexibility index (Phi) is 4.95. The van der Waals surface area contributed by atoms with Crippen molar-refractivity contribution in [2.75, 3.05) is 25.0 Å². The van der Waals surface area contributed by atoms with E-state index in [2.05, 4.69) is 10.3 Å². The summed E-state index contributed by atoms with van der Waals surface area (Å²) >= 11 is 0. The maximum atomic E-state index is 11.4. The summed E-state index contributed by atoms with van der Waals surface area (Å²) in [7, 11) is 1.60. The van der Waals surface area contributed by atoms with Crippen molar-refractivity contribution in [1.82, 2.24) is 10.3 Å². The summed E-state index contributed by atoms with van der Waals surface area (Å²) in [4.78, 5) is 17.4. The Morgan fingerprint density at radius 3 is 2.94 bits per heavy atom. The number of carbonyl (C=O) groups excluding carboxylic acids is 1. The van der Waals surface area contributed by atoms with Gasteiger partial charge in [0.25, 0.3) is 0 Å². The first-order valence-corrected chi connectivity index (χ1v) is 5.54. The number of carbonyl (C=O) groups is 1. The molecule has 0 atom stereocenters. The molecule has 0 saturated heterocycles. The van der Waals surface area contributed by atoms with Crippen LogP contribution in [-0.4, -0.2) is 31.0 Å². The maximum absolute atomic E-state index is 11.4. The summed E-state index contributed by atoms with van der Waals surface area (Å²) in [6.45, 7) is 3.02. The molecule has 0 unspecified atom stereocenters. The summed E-state index contributed by atoms with van der Waals surface area (Å²) in [5.41, 5.74) is 0.362. The quantitative estimate of drug-likeness (QED) is 0.819. The minimum absolute atomic E-state index is 0.0670. The van der Waals surface area contributed by atoms with E-state index in [1.165, 1.54) is 0 Å². The summed E-state index contributed by atoms with van der Waals surface area (Å²) in [6, 6.07) is 7.22. The minimum atomic E-state index is -0.0670. The van der Waals surface area contributed by atoms with Gasteiger partial charge in [-0.2, -0.15) is 5.26 Å². The average molecular weight is 232 g/mol. The second-order valence-corrected chi connectivity index (χ2v) is 3.59. The molecule has 0 radical (unpaired) electrons. The molecule has 5 heteroatoms. The second kappa shape index (κ2) is 6.48. The van der Waals surface area contributed by atoms with Crippen molar-refractivity contribution in [1.29, 1.82) is 5.26 Å². The van der Waals surface area contributed by atoms with Gasteiger partial charge in [-0.25, -0.2) is 4.98 Å². The Hall–Kier alpha value is -2.09. The first-order valence-electron chi connectivity index (χ1n) is 5.54. The van der Waals surface area contributed by atoms with Gasteiger partial charge in [-0.05, 0) is 18.6 Å². The molecule has 90 valence electrons. The van der Waals surface area contributed by atoms with Gasteiger partial charge in [-0.1, -0.05) is 13.0 Å². The van der Waals surface area contributed by atoms with E-state index in [4.69, 9.17) is 5.26 Å². The fourth-order valence-electron chi connectivity index (χ4n) is 1.46. The zero-order valence-electron chi connectivity index (χ0n) is 10.1. The van der Waals surface area contributed by atoms with Crippen LogP contribution in [0.5, 0.6) is 0 Å². The topological polar surface area (TPSA) is 69.0 Å². The highest BCUT2D eigenvalue weighted by molar-refractivity contribution is 5.80. The molecule has 0 fully saturated rings. The van der Waals surface area contributed by atoms with Gasteiger partial charge in [0, 0.05) is 13.6 Å². The molecule has 0 aliphatic carbocycles. The molecule has 1 aromatic heterocycles. The molecule has 1 amide bonds. The van der Waals surface area contributed by atoms with Gasteiger partial charge in [-0.3, -0.25) is 4.79 Å². The number of rotatable bonds is 5. The van der Waals surface area contributed by atoms with Gasteiger partial charge in [0.1, 0.15) is 17.6 Å². The number of likely N-dealkylation sites (N-methyl/N-ethyl adjacent to an activating group) is 1. The van der Waals surface area contributed by atoms with Crippen LogP contribution in [0.2, 0.25) is 0 Å². The predicted octanol–water partition coefficient (Wildman–Crippen LogP) is 0.916. The molecule has 0 saturated carbocycles. The first-order chi connectivity index (χ1) is 8.21. The second-order valence-electron chi connectivity index (χ2n) is 3.59. The zero-order valence-corrected chi connectivity index (χ0v) is 10.1. The molecule has 17 heavy (non-hydrogen) atoms. The molecular formula is C12H16N4O. The van der Waals surface area contributed by atoms with Gasteiger partial charge in [0.05, 0.1) is 6.54 Å². The number of nitrogens with one attached hydrogen (secondary N) is 1. The number of anilines is 1. The lowest BCUT2D eigenvalue weighted by Gasteiger charge is -2.22. The van der Waals surface area contributed by atoms with Crippen molar-refractivity contribution in [3.05, 3.63) is 23.9 Å². The van der Waals surface area contributed by atoms with E-state index >= 15 is 0 Å². The third-order valence-corrected chi connectivity index (χ3v) is 2.28. The normalized spacial score (nSPS) is 9.47. The third-order valence-electron chi connectivity index (χ3n) is 2.28. The number of pyridine rings is 1. The summed E-state index contributed by atoms with van der Waals surface area (Å²) in [5, 5.41) is 11.4. The van der Waals surface area contributed by atoms with E-state index in [0.717, 1.165) is 13.0 Å². The molecule has 5 nitrogen and oxygen atoms in total. The van der Waals surface area contributed by atoms with Gasteiger partial charge >= 0.3 is 0 Å². The van der Waals surface area contributed by atoms with E-state index in [-0.39, 0.29) is 12.5 Å². The Morgan fingerprint density at radius 1 is 1.59 bits per heavy atom. The highest BCUT2D eigenvalue weighted by atomic mass is 16.1. The van der Waals surface area contributed by atoms with E-state index in [9.17, 15) is 4.79 Å². The van der Waals surface area contributed by atoms with Crippen LogP contribution in [0.3, 0.4) is 0 Å². The lowest BCUT2D eigenvalue weighted by molar-refractivity contribution is -0.119. The van der Waals surface area contributed by atoms with Gasteiger partial charge < -0.3 is 10.2 Å². The number of amides is 1. The van der Waals surface area contributed by atoms with Crippen LogP contribution in [0.15, 0.2) is 18.2 Å². The van der Waals surface area contributed by atoms with Crippen LogP contribution >= 0.6 is 0 Å². The fourth-order valence-corrected chi connectivity index (χ4v) is 1.46. The standard InChI is InChI=1S/C12H16N4O/c1-3-7-16(9-12(17)14-2)11-6-4-5-10(8-13)15-11/h4-6H,3,7,9H2,1-2H3,(H,14,17). The summed E-state index contributed by atoms with van der Waals surface area (Å²) < 4.78 is 0. The lowest BCUT2D eigenvalue weighted by Crippen LogP contribution is -2.36. The molecule has 1 rings (SSSR count). The summed E-state index contributed by atoms with van der Waals surface area (Å²) in [6.07, 6.45) is 0.912. The molecular weight excluding hydrogens is 216 g/mol. The maximum Gasteiger partial charge on any atom is 0.239 e. The Bertz CT molecular complexity index is 425.